The Morgan fingerprint density at radius 2 is 1.90 bits per heavy atom. The molecule has 4 aliphatic rings. The van der Waals surface area contributed by atoms with E-state index in [-0.39, 0.29) is 19.4 Å². The number of carbonyl (C=O) groups is 2. The highest BCUT2D eigenvalue weighted by Gasteiger charge is 2.86. The third-order valence-corrected chi connectivity index (χ3v) is 8.73. The minimum atomic E-state index is -1.88. The second-order valence-corrected chi connectivity index (χ2v) is 10.6. The summed E-state index contributed by atoms with van der Waals surface area (Å²) in [5.41, 5.74) is -4.52. The van der Waals surface area contributed by atoms with Crippen molar-refractivity contribution in [2.45, 2.75) is 76.8 Å². The Morgan fingerprint density at radius 1 is 1.26 bits per heavy atom. The molecule has 2 fully saturated rings. The molecule has 31 heavy (non-hydrogen) atoms. The van der Waals surface area contributed by atoms with Crippen LogP contribution in [-0.2, 0) is 14.3 Å². The summed E-state index contributed by atoms with van der Waals surface area (Å²) in [5.74, 6) is -3.64. The zero-order chi connectivity index (χ0) is 23.1. The highest BCUT2D eigenvalue weighted by atomic mass is 16.6. The van der Waals surface area contributed by atoms with E-state index in [2.05, 4.69) is 0 Å². The number of carbonyl (C=O) groups excluding carboxylic acids is 2. The summed E-state index contributed by atoms with van der Waals surface area (Å²) in [5, 5.41) is 45.1. The number of aliphatic hydroxyl groups is 4. The monoisotopic (exact) mass is 434 g/mol. The van der Waals surface area contributed by atoms with Crippen molar-refractivity contribution in [2.75, 3.05) is 6.61 Å². The number of hydrogen-bond donors (Lipinski definition) is 4. The van der Waals surface area contributed by atoms with Crippen molar-refractivity contribution in [1.82, 2.24) is 0 Å². The number of esters is 1. The second kappa shape index (κ2) is 6.73. The quantitative estimate of drug-likeness (QED) is 0.388. The van der Waals surface area contributed by atoms with Gasteiger partial charge in [0.05, 0.1) is 18.3 Å². The van der Waals surface area contributed by atoms with Crippen LogP contribution in [0.4, 0.5) is 0 Å². The van der Waals surface area contributed by atoms with E-state index in [9.17, 15) is 30.0 Å². The SMILES string of the molecule is CCCC(=O)O[C@@]12[C@H](O)[C@@H](C)[C@@]3(O)[C@@H](C=C(CO)C[C@]4(O)C(=O)C(C)=C[C@@H]34)[C@@H]1C2(C)C. The van der Waals surface area contributed by atoms with E-state index in [1.165, 1.54) is 0 Å². The molecular weight excluding hydrogens is 400 g/mol. The van der Waals surface area contributed by atoms with Gasteiger partial charge < -0.3 is 25.2 Å². The molecule has 4 rings (SSSR count). The van der Waals surface area contributed by atoms with Crippen LogP contribution < -0.4 is 0 Å². The summed E-state index contributed by atoms with van der Waals surface area (Å²) in [6, 6.07) is 0. The van der Waals surface area contributed by atoms with Gasteiger partial charge >= 0.3 is 5.97 Å². The zero-order valence-corrected chi connectivity index (χ0v) is 18.9. The fourth-order valence-corrected chi connectivity index (χ4v) is 7.11. The van der Waals surface area contributed by atoms with Crippen molar-refractivity contribution >= 4 is 11.8 Å². The number of fused-ring (bicyclic) bond motifs is 5. The maximum Gasteiger partial charge on any atom is 0.306 e. The van der Waals surface area contributed by atoms with Crippen LogP contribution >= 0.6 is 0 Å². The number of ether oxygens (including phenoxy) is 1. The van der Waals surface area contributed by atoms with Gasteiger partial charge in [-0.3, -0.25) is 9.59 Å². The van der Waals surface area contributed by atoms with E-state index in [0.717, 1.165) is 0 Å². The molecule has 7 heteroatoms. The van der Waals surface area contributed by atoms with Gasteiger partial charge in [0.15, 0.2) is 5.78 Å². The molecule has 8 atom stereocenters. The fraction of sp³-hybridized carbons (Fsp3) is 0.750. The summed E-state index contributed by atoms with van der Waals surface area (Å²) in [7, 11) is 0. The van der Waals surface area contributed by atoms with Gasteiger partial charge in [-0.2, -0.15) is 0 Å². The number of rotatable bonds is 4. The van der Waals surface area contributed by atoms with Crippen molar-refractivity contribution in [3.05, 3.63) is 23.3 Å². The molecule has 0 radical (unpaired) electrons. The molecule has 7 nitrogen and oxygen atoms in total. The maximum atomic E-state index is 12.9. The summed E-state index contributed by atoms with van der Waals surface area (Å²) in [6.45, 7) is 8.62. The van der Waals surface area contributed by atoms with Crippen LogP contribution in [0, 0.1) is 29.1 Å². The lowest BCUT2D eigenvalue weighted by Crippen LogP contribution is -2.65. The Morgan fingerprint density at radius 3 is 2.48 bits per heavy atom. The fourth-order valence-electron chi connectivity index (χ4n) is 7.11. The van der Waals surface area contributed by atoms with Crippen molar-refractivity contribution in [3.8, 4) is 0 Å². The Bertz CT molecular complexity index is 888. The number of Topliss-reactive ketones (excluding diaryl/α,β-unsaturated/α-hetero) is 1. The van der Waals surface area contributed by atoms with E-state index in [4.69, 9.17) is 4.74 Å². The van der Waals surface area contributed by atoms with Crippen molar-refractivity contribution in [2.24, 2.45) is 29.1 Å². The molecule has 0 aromatic carbocycles. The van der Waals surface area contributed by atoms with Gasteiger partial charge in [0.2, 0.25) is 0 Å². The molecule has 0 aromatic heterocycles. The molecular formula is C24H34O7. The average Bonchev–Trinajstić information content (AvgIpc) is 3.13. The van der Waals surface area contributed by atoms with Crippen LogP contribution in [0.2, 0.25) is 0 Å². The first kappa shape index (κ1) is 22.6. The molecule has 0 saturated heterocycles. The van der Waals surface area contributed by atoms with Gasteiger partial charge in [-0.05, 0) is 24.5 Å². The lowest BCUT2D eigenvalue weighted by molar-refractivity contribution is -0.219. The van der Waals surface area contributed by atoms with E-state index in [1.54, 1.807) is 26.0 Å². The number of ketones is 1. The molecule has 0 bridgehead atoms. The first-order valence-electron chi connectivity index (χ1n) is 11.2. The summed E-state index contributed by atoms with van der Waals surface area (Å²) in [4.78, 5) is 25.4. The number of hydrogen-bond acceptors (Lipinski definition) is 7. The van der Waals surface area contributed by atoms with Crippen LogP contribution in [0.5, 0.6) is 0 Å². The third kappa shape index (κ3) is 2.55. The predicted molar refractivity (Wildman–Crippen MR) is 112 cm³/mol. The molecule has 4 N–H and O–H groups in total. The minimum absolute atomic E-state index is 0.0851. The smallest absolute Gasteiger partial charge is 0.306 e. The average molecular weight is 435 g/mol. The molecule has 0 aliphatic heterocycles. The molecule has 2 saturated carbocycles. The van der Waals surface area contributed by atoms with Gasteiger partial charge in [-0.1, -0.05) is 39.8 Å². The first-order valence-corrected chi connectivity index (χ1v) is 11.2. The van der Waals surface area contributed by atoms with Crippen LogP contribution in [-0.4, -0.2) is 61.7 Å². The highest BCUT2D eigenvalue weighted by Crippen LogP contribution is 2.76. The lowest BCUT2D eigenvalue weighted by Gasteiger charge is -2.52. The largest absolute Gasteiger partial charge is 0.455 e. The predicted octanol–water partition coefficient (Wildman–Crippen LogP) is 1.28. The van der Waals surface area contributed by atoms with Crippen molar-refractivity contribution in [1.29, 1.82) is 0 Å². The zero-order valence-electron chi connectivity index (χ0n) is 18.9. The lowest BCUT2D eigenvalue weighted by atomic mass is 9.59. The Balaban J connectivity index is 1.88. The molecule has 0 aromatic rings. The molecule has 172 valence electrons. The van der Waals surface area contributed by atoms with Gasteiger partial charge in [0.25, 0.3) is 0 Å². The van der Waals surface area contributed by atoms with Gasteiger partial charge in [0.1, 0.15) is 11.2 Å². The molecule has 0 unspecified atom stereocenters. The van der Waals surface area contributed by atoms with E-state index >= 15 is 0 Å². The van der Waals surface area contributed by atoms with E-state index in [1.807, 2.05) is 20.8 Å². The molecule has 0 heterocycles. The Hall–Kier alpha value is -1.54. The molecule has 0 spiro atoms. The highest BCUT2D eigenvalue weighted by molar-refractivity contribution is 6.04. The molecule has 0 amide bonds. The van der Waals surface area contributed by atoms with Gasteiger partial charge in [-0.25, -0.2) is 0 Å². The summed E-state index contributed by atoms with van der Waals surface area (Å²) < 4.78 is 5.94. The third-order valence-electron chi connectivity index (χ3n) is 8.73. The van der Waals surface area contributed by atoms with Gasteiger partial charge in [0, 0.05) is 41.9 Å². The minimum Gasteiger partial charge on any atom is -0.455 e. The topological polar surface area (TPSA) is 124 Å². The van der Waals surface area contributed by atoms with Crippen LogP contribution in [0.1, 0.15) is 53.9 Å². The van der Waals surface area contributed by atoms with Crippen LogP contribution in [0.15, 0.2) is 23.3 Å². The van der Waals surface area contributed by atoms with E-state index in [0.29, 0.717) is 17.6 Å². The van der Waals surface area contributed by atoms with Crippen LogP contribution in [0.3, 0.4) is 0 Å². The standard InChI is InChI=1S/C24H34O7/c1-6-7-17(26)31-24-18(21(24,4)5)15-9-14(11-25)10-22(29)16(8-12(2)19(22)27)23(15,30)13(3)20(24)28/h8-9,13,15-16,18,20,25,28-30H,6-7,10-11H2,1-5H3/t13-,15+,16-,18-,20-,22-,23-,24-/m1/s1. The van der Waals surface area contributed by atoms with E-state index < -0.39 is 63.7 Å². The van der Waals surface area contributed by atoms with Crippen molar-refractivity contribution < 1.29 is 34.8 Å². The van der Waals surface area contributed by atoms with Crippen LogP contribution in [0.25, 0.3) is 0 Å². The Labute approximate surface area is 182 Å². The number of aliphatic hydroxyl groups excluding tert-OH is 2. The Kier molecular flexibility index (Phi) is 4.92. The maximum absolute atomic E-state index is 12.9. The summed E-state index contributed by atoms with van der Waals surface area (Å²) >= 11 is 0. The normalized spacial score (nSPS) is 47.4. The first-order chi connectivity index (χ1) is 14.3. The second-order valence-electron chi connectivity index (χ2n) is 10.6. The van der Waals surface area contributed by atoms with Crippen molar-refractivity contribution in [3.63, 3.8) is 0 Å². The summed E-state index contributed by atoms with van der Waals surface area (Å²) in [6.07, 6.45) is 2.95. The van der Waals surface area contributed by atoms with Gasteiger partial charge in [-0.15, -0.1) is 0 Å². The molecule has 4 aliphatic carbocycles.